The number of hydrogen-bond donors (Lipinski definition) is 0. The van der Waals surface area contributed by atoms with Crippen molar-refractivity contribution in [3.63, 3.8) is 0 Å². The van der Waals surface area contributed by atoms with Crippen LogP contribution in [0.25, 0.3) is 0 Å². The van der Waals surface area contributed by atoms with Crippen LogP contribution in [0.3, 0.4) is 0 Å². The molecule has 1 saturated carbocycles. The lowest BCUT2D eigenvalue weighted by molar-refractivity contribution is -0.139. The Labute approximate surface area is 229 Å². The van der Waals surface area contributed by atoms with Crippen LogP contribution in [0, 0.1) is 23.7 Å². The summed E-state index contributed by atoms with van der Waals surface area (Å²) >= 11 is 0. The molecule has 3 saturated heterocycles. The highest BCUT2D eigenvalue weighted by atomic mass is 19.4. The summed E-state index contributed by atoms with van der Waals surface area (Å²) in [6.45, 7) is 9.58. The Hall–Kier alpha value is -2.29. The normalized spacial score (nSPS) is 30.0. The van der Waals surface area contributed by atoms with Gasteiger partial charge in [0.05, 0.1) is 12.1 Å². The molecule has 0 radical (unpaired) electrons. The lowest BCUT2D eigenvalue weighted by Crippen LogP contribution is -2.47. The van der Waals surface area contributed by atoms with Crippen molar-refractivity contribution < 1.29 is 27.5 Å². The van der Waals surface area contributed by atoms with Crippen LogP contribution in [0.2, 0.25) is 0 Å². The van der Waals surface area contributed by atoms with Gasteiger partial charge in [-0.15, -0.1) is 0 Å². The summed E-state index contributed by atoms with van der Waals surface area (Å²) in [6.07, 6.45) is 1.82. The van der Waals surface area contributed by atoms with Crippen LogP contribution in [-0.4, -0.2) is 71.6 Å². The Bertz CT molecular complexity index is 1000. The van der Waals surface area contributed by atoms with Crippen molar-refractivity contribution in [1.82, 2.24) is 14.7 Å². The first-order chi connectivity index (χ1) is 18.5. The molecule has 216 valence electrons. The molecule has 0 N–H and O–H groups in total. The minimum absolute atomic E-state index is 0.115. The third kappa shape index (κ3) is 6.72. The fourth-order valence-electron chi connectivity index (χ4n) is 7.27. The van der Waals surface area contributed by atoms with E-state index in [1.54, 1.807) is 12.1 Å². The molecule has 4 aliphatic rings. The molecule has 2 atom stereocenters. The second-order valence-corrected chi connectivity index (χ2v) is 12.8. The van der Waals surface area contributed by atoms with Gasteiger partial charge >= 0.3 is 12.3 Å². The largest absolute Gasteiger partial charge is 0.441 e. The van der Waals surface area contributed by atoms with Crippen LogP contribution < -0.4 is 0 Å². The SMILES string of the molecule is CC1CC(C)CN(C(=O)C2CCC(CN3CC4(CCN(Cc5ccc(C(F)(F)F)cc5)CC4)OC3=O)CC2)C1. The lowest BCUT2D eigenvalue weighted by Gasteiger charge is -2.39. The van der Waals surface area contributed by atoms with Gasteiger partial charge in [0, 0.05) is 58.0 Å². The Morgan fingerprint density at radius 1 is 1.00 bits per heavy atom. The maximum absolute atomic E-state index is 13.1. The number of amides is 2. The maximum Gasteiger partial charge on any atom is 0.416 e. The van der Waals surface area contributed by atoms with E-state index in [9.17, 15) is 22.8 Å². The summed E-state index contributed by atoms with van der Waals surface area (Å²) in [6, 6.07) is 5.35. The Morgan fingerprint density at radius 3 is 2.21 bits per heavy atom. The second kappa shape index (κ2) is 11.3. The molecule has 3 heterocycles. The predicted octanol–water partition coefficient (Wildman–Crippen LogP) is 5.80. The summed E-state index contributed by atoms with van der Waals surface area (Å²) in [7, 11) is 0. The van der Waals surface area contributed by atoms with E-state index >= 15 is 0 Å². The van der Waals surface area contributed by atoms with Gasteiger partial charge in [-0.1, -0.05) is 26.0 Å². The molecule has 1 aromatic carbocycles. The molecule has 1 aromatic rings. The van der Waals surface area contributed by atoms with Crippen molar-refractivity contribution in [2.24, 2.45) is 23.7 Å². The summed E-state index contributed by atoms with van der Waals surface area (Å²) < 4.78 is 44.4. The number of likely N-dealkylation sites (tertiary alicyclic amines) is 2. The highest BCUT2D eigenvalue weighted by Crippen LogP contribution is 2.37. The molecule has 5 rings (SSSR count). The van der Waals surface area contributed by atoms with Gasteiger partial charge in [-0.2, -0.15) is 13.2 Å². The number of carbonyl (C=O) groups is 2. The van der Waals surface area contributed by atoms with Gasteiger partial charge in [-0.05, 0) is 67.6 Å². The van der Waals surface area contributed by atoms with Crippen LogP contribution in [0.1, 0.15) is 69.9 Å². The van der Waals surface area contributed by atoms with Crippen LogP contribution in [-0.2, 0) is 22.3 Å². The van der Waals surface area contributed by atoms with E-state index in [2.05, 4.69) is 23.6 Å². The summed E-state index contributed by atoms with van der Waals surface area (Å²) in [5, 5.41) is 0. The zero-order valence-corrected chi connectivity index (χ0v) is 23.2. The molecule has 2 amide bonds. The van der Waals surface area contributed by atoms with E-state index in [1.807, 2.05) is 4.90 Å². The van der Waals surface area contributed by atoms with Crippen molar-refractivity contribution in [2.75, 3.05) is 39.3 Å². The molecule has 1 spiro atoms. The fraction of sp³-hybridized carbons (Fsp3) is 0.733. The zero-order valence-electron chi connectivity index (χ0n) is 23.2. The molecular formula is C30H42F3N3O3. The van der Waals surface area contributed by atoms with E-state index in [0.29, 0.717) is 43.3 Å². The van der Waals surface area contributed by atoms with Crippen molar-refractivity contribution in [2.45, 2.75) is 77.1 Å². The molecule has 0 bridgehead atoms. The monoisotopic (exact) mass is 549 g/mol. The summed E-state index contributed by atoms with van der Waals surface area (Å²) in [5.41, 5.74) is -0.252. The van der Waals surface area contributed by atoms with Crippen LogP contribution in [0.5, 0.6) is 0 Å². The predicted molar refractivity (Wildman–Crippen MR) is 142 cm³/mol. The van der Waals surface area contributed by atoms with Crippen molar-refractivity contribution in [3.05, 3.63) is 35.4 Å². The molecular weight excluding hydrogens is 507 g/mol. The standard InChI is InChI=1S/C30H42F3N3O3/c1-21-15-22(2)17-35(16-21)27(37)25-7-3-24(4-8-25)19-36-20-29(39-28(36)38)11-13-34(14-12-29)18-23-5-9-26(10-6-23)30(31,32)33/h5-6,9-10,21-22,24-25H,3-4,7-8,11-20H2,1-2H3. The smallest absolute Gasteiger partial charge is 0.416 e. The Balaban J connectivity index is 1.06. The number of alkyl halides is 3. The average Bonchev–Trinajstić information content (AvgIpc) is 3.19. The van der Waals surface area contributed by atoms with Gasteiger partial charge in [0.25, 0.3) is 0 Å². The van der Waals surface area contributed by atoms with Gasteiger partial charge in [-0.25, -0.2) is 4.79 Å². The minimum atomic E-state index is -4.32. The summed E-state index contributed by atoms with van der Waals surface area (Å²) in [4.78, 5) is 32.1. The van der Waals surface area contributed by atoms with Crippen molar-refractivity contribution >= 4 is 12.0 Å². The quantitative estimate of drug-likeness (QED) is 0.466. The topological polar surface area (TPSA) is 53.1 Å². The zero-order chi connectivity index (χ0) is 27.8. The molecule has 4 fully saturated rings. The third-order valence-electron chi connectivity index (χ3n) is 9.35. The number of nitrogens with zero attached hydrogens (tertiary/aromatic N) is 3. The van der Waals surface area contributed by atoms with Crippen LogP contribution in [0.15, 0.2) is 24.3 Å². The molecule has 6 nitrogen and oxygen atoms in total. The van der Waals surface area contributed by atoms with Crippen LogP contribution in [0.4, 0.5) is 18.0 Å². The van der Waals surface area contributed by atoms with Gasteiger partial charge in [0.2, 0.25) is 5.91 Å². The summed E-state index contributed by atoms with van der Waals surface area (Å²) in [5.74, 6) is 1.98. The van der Waals surface area contributed by atoms with Crippen molar-refractivity contribution in [3.8, 4) is 0 Å². The highest BCUT2D eigenvalue weighted by molar-refractivity contribution is 5.79. The van der Waals surface area contributed by atoms with E-state index in [0.717, 1.165) is 82.4 Å². The van der Waals surface area contributed by atoms with Crippen LogP contribution >= 0.6 is 0 Å². The number of hydrogen-bond acceptors (Lipinski definition) is 4. The number of rotatable bonds is 5. The van der Waals surface area contributed by atoms with E-state index in [-0.39, 0.29) is 12.0 Å². The molecule has 3 aliphatic heterocycles. The lowest BCUT2D eigenvalue weighted by atomic mass is 9.80. The van der Waals surface area contributed by atoms with Crippen molar-refractivity contribution in [1.29, 1.82) is 0 Å². The van der Waals surface area contributed by atoms with E-state index in [4.69, 9.17) is 4.74 Å². The van der Waals surface area contributed by atoms with E-state index < -0.39 is 17.3 Å². The van der Waals surface area contributed by atoms with Gasteiger partial charge < -0.3 is 14.5 Å². The van der Waals surface area contributed by atoms with Gasteiger partial charge in [-0.3, -0.25) is 9.69 Å². The molecule has 2 unspecified atom stereocenters. The average molecular weight is 550 g/mol. The van der Waals surface area contributed by atoms with E-state index in [1.165, 1.54) is 6.42 Å². The minimum Gasteiger partial charge on any atom is -0.441 e. The fourth-order valence-corrected chi connectivity index (χ4v) is 7.27. The first-order valence-corrected chi connectivity index (χ1v) is 14.6. The molecule has 1 aliphatic carbocycles. The Kier molecular flexibility index (Phi) is 8.18. The third-order valence-corrected chi connectivity index (χ3v) is 9.35. The Morgan fingerprint density at radius 2 is 1.62 bits per heavy atom. The molecule has 9 heteroatoms. The second-order valence-electron chi connectivity index (χ2n) is 12.8. The highest BCUT2D eigenvalue weighted by Gasteiger charge is 2.47. The van der Waals surface area contributed by atoms with Gasteiger partial charge in [0.15, 0.2) is 0 Å². The first kappa shape index (κ1) is 28.2. The first-order valence-electron chi connectivity index (χ1n) is 14.6. The number of piperidine rings is 2. The number of benzene rings is 1. The number of halogens is 3. The number of carbonyl (C=O) groups excluding carboxylic acids is 2. The molecule has 0 aromatic heterocycles. The maximum atomic E-state index is 13.1. The number of ether oxygens (including phenoxy) is 1. The molecule has 39 heavy (non-hydrogen) atoms. The van der Waals surface area contributed by atoms with Gasteiger partial charge in [0.1, 0.15) is 5.60 Å².